The zero-order valence-electron chi connectivity index (χ0n) is 11.7. The van der Waals surface area contributed by atoms with Crippen LogP contribution in [0.2, 0.25) is 0 Å². The van der Waals surface area contributed by atoms with Gasteiger partial charge in [-0.2, -0.15) is 11.3 Å². The van der Waals surface area contributed by atoms with Gasteiger partial charge in [-0.05, 0) is 47.4 Å². The fourth-order valence-electron chi connectivity index (χ4n) is 2.22. The minimum absolute atomic E-state index is 0.0203. The molecule has 21 heavy (non-hydrogen) atoms. The molecular weight excluding hydrogens is 284 g/mol. The largest absolute Gasteiger partial charge is 0.482 e. The van der Waals surface area contributed by atoms with Crippen LogP contribution >= 0.6 is 11.3 Å². The maximum Gasteiger partial charge on any atom is 0.261 e. The van der Waals surface area contributed by atoms with Crippen LogP contribution in [0, 0.1) is 0 Å². The van der Waals surface area contributed by atoms with E-state index in [0.717, 1.165) is 12.8 Å². The highest BCUT2D eigenvalue weighted by atomic mass is 32.1. The highest BCUT2D eigenvalue weighted by molar-refractivity contribution is 7.07. The molecule has 1 amide bonds. The molecule has 1 aromatic carbocycles. The molecule has 1 aromatic heterocycles. The number of para-hydroxylation sites is 2. The number of carbonyl (C=O) groups is 1. The Morgan fingerprint density at radius 2 is 2.14 bits per heavy atom. The summed E-state index contributed by atoms with van der Waals surface area (Å²) < 4.78 is 5.56. The lowest BCUT2D eigenvalue weighted by Gasteiger charge is -2.22. The molecule has 0 spiro atoms. The molecule has 2 aromatic rings. The van der Waals surface area contributed by atoms with Crippen LogP contribution in [-0.4, -0.2) is 23.5 Å². The lowest BCUT2D eigenvalue weighted by molar-refractivity contribution is -0.134. The normalized spacial score (nSPS) is 13.9. The Bertz CT molecular complexity index is 608. The number of hydrogen-bond acceptors (Lipinski definition) is 4. The van der Waals surface area contributed by atoms with Crippen LogP contribution in [0.15, 0.2) is 41.1 Å². The van der Waals surface area contributed by atoms with Gasteiger partial charge in [0.2, 0.25) is 0 Å². The number of thiophene rings is 1. The Hall–Kier alpha value is -2.01. The van der Waals surface area contributed by atoms with Crippen molar-refractivity contribution in [1.82, 2.24) is 4.90 Å². The molecule has 1 saturated carbocycles. The van der Waals surface area contributed by atoms with Crippen molar-refractivity contribution < 1.29 is 9.53 Å². The van der Waals surface area contributed by atoms with Gasteiger partial charge in [0.15, 0.2) is 6.61 Å². The maximum absolute atomic E-state index is 12.4. The van der Waals surface area contributed by atoms with Gasteiger partial charge in [0.25, 0.3) is 5.91 Å². The molecule has 0 bridgehead atoms. The van der Waals surface area contributed by atoms with Crippen molar-refractivity contribution in [2.24, 2.45) is 0 Å². The molecule has 0 atom stereocenters. The summed E-state index contributed by atoms with van der Waals surface area (Å²) >= 11 is 1.65. The van der Waals surface area contributed by atoms with E-state index in [0.29, 0.717) is 24.0 Å². The van der Waals surface area contributed by atoms with Gasteiger partial charge < -0.3 is 15.4 Å². The van der Waals surface area contributed by atoms with Gasteiger partial charge in [0, 0.05) is 12.6 Å². The van der Waals surface area contributed by atoms with Gasteiger partial charge >= 0.3 is 0 Å². The van der Waals surface area contributed by atoms with E-state index in [4.69, 9.17) is 10.5 Å². The summed E-state index contributed by atoms with van der Waals surface area (Å²) in [6, 6.07) is 9.67. The summed E-state index contributed by atoms with van der Waals surface area (Å²) in [4.78, 5) is 14.3. The Kier molecular flexibility index (Phi) is 4.10. The Morgan fingerprint density at radius 3 is 2.81 bits per heavy atom. The van der Waals surface area contributed by atoms with Crippen molar-refractivity contribution >= 4 is 22.9 Å². The van der Waals surface area contributed by atoms with Crippen LogP contribution in [0.5, 0.6) is 5.75 Å². The number of nitrogens with two attached hydrogens (primary N) is 1. The zero-order valence-corrected chi connectivity index (χ0v) is 12.5. The van der Waals surface area contributed by atoms with Crippen molar-refractivity contribution in [3.05, 3.63) is 46.7 Å². The van der Waals surface area contributed by atoms with Gasteiger partial charge in [-0.3, -0.25) is 4.79 Å². The van der Waals surface area contributed by atoms with E-state index in [1.165, 1.54) is 5.56 Å². The first-order valence-corrected chi connectivity index (χ1v) is 7.96. The number of ether oxygens (including phenoxy) is 1. The molecule has 1 fully saturated rings. The van der Waals surface area contributed by atoms with E-state index in [1.54, 1.807) is 23.5 Å². The molecule has 0 unspecified atom stereocenters. The number of amides is 1. The van der Waals surface area contributed by atoms with E-state index in [9.17, 15) is 4.79 Å². The number of carbonyl (C=O) groups excluding carboxylic acids is 1. The van der Waals surface area contributed by atoms with Gasteiger partial charge in [-0.25, -0.2) is 0 Å². The molecule has 2 N–H and O–H groups in total. The highest BCUT2D eigenvalue weighted by Crippen LogP contribution is 2.29. The standard InChI is InChI=1S/C16H18N2O2S/c17-14-3-1-2-4-15(14)20-10-16(19)18(13-5-6-13)9-12-7-8-21-11-12/h1-4,7-8,11,13H,5-6,9-10,17H2. The summed E-state index contributed by atoms with van der Waals surface area (Å²) in [6.45, 7) is 0.704. The lowest BCUT2D eigenvalue weighted by atomic mass is 10.3. The van der Waals surface area contributed by atoms with Gasteiger partial charge in [0.1, 0.15) is 5.75 Å². The molecule has 4 nitrogen and oxygen atoms in total. The number of nitrogen functional groups attached to an aromatic ring is 1. The maximum atomic E-state index is 12.4. The van der Waals surface area contributed by atoms with Gasteiger partial charge in [-0.15, -0.1) is 0 Å². The zero-order chi connectivity index (χ0) is 14.7. The van der Waals surface area contributed by atoms with Crippen molar-refractivity contribution in [2.45, 2.75) is 25.4 Å². The van der Waals surface area contributed by atoms with Crippen LogP contribution in [0.3, 0.4) is 0 Å². The second-order valence-electron chi connectivity index (χ2n) is 5.21. The van der Waals surface area contributed by atoms with E-state index in [-0.39, 0.29) is 12.5 Å². The smallest absolute Gasteiger partial charge is 0.261 e. The summed E-state index contributed by atoms with van der Waals surface area (Å²) in [5.74, 6) is 0.587. The van der Waals surface area contributed by atoms with E-state index < -0.39 is 0 Å². The quantitative estimate of drug-likeness (QED) is 0.835. The first-order valence-electron chi connectivity index (χ1n) is 7.02. The molecule has 0 saturated heterocycles. The molecule has 3 rings (SSSR count). The monoisotopic (exact) mass is 302 g/mol. The third kappa shape index (κ3) is 3.55. The van der Waals surface area contributed by atoms with Crippen molar-refractivity contribution in [1.29, 1.82) is 0 Å². The minimum Gasteiger partial charge on any atom is -0.482 e. The predicted molar refractivity (Wildman–Crippen MR) is 84.2 cm³/mol. The van der Waals surface area contributed by atoms with Crippen molar-refractivity contribution in [3.63, 3.8) is 0 Å². The molecule has 110 valence electrons. The van der Waals surface area contributed by atoms with Crippen LogP contribution in [0.4, 0.5) is 5.69 Å². The second-order valence-corrected chi connectivity index (χ2v) is 5.99. The number of hydrogen-bond donors (Lipinski definition) is 1. The first kappa shape index (κ1) is 13.9. The molecule has 0 aliphatic heterocycles. The summed E-state index contributed by atoms with van der Waals surface area (Å²) in [5, 5.41) is 4.12. The molecule has 1 heterocycles. The fourth-order valence-corrected chi connectivity index (χ4v) is 2.88. The van der Waals surface area contributed by atoms with Crippen LogP contribution in [-0.2, 0) is 11.3 Å². The topological polar surface area (TPSA) is 55.6 Å². The minimum atomic E-state index is 0.0203. The number of benzene rings is 1. The van der Waals surface area contributed by atoms with Gasteiger partial charge in [-0.1, -0.05) is 12.1 Å². The Labute approximate surface area is 128 Å². The molecule has 1 aliphatic carbocycles. The average Bonchev–Trinajstić information content (AvgIpc) is 3.20. The summed E-state index contributed by atoms with van der Waals surface area (Å²) in [5.41, 5.74) is 7.55. The highest BCUT2D eigenvalue weighted by Gasteiger charge is 2.32. The first-order chi connectivity index (χ1) is 10.2. The van der Waals surface area contributed by atoms with Crippen molar-refractivity contribution in [3.8, 4) is 5.75 Å². The third-order valence-electron chi connectivity index (χ3n) is 3.51. The molecule has 0 radical (unpaired) electrons. The number of anilines is 1. The van der Waals surface area contributed by atoms with E-state index in [2.05, 4.69) is 11.4 Å². The average molecular weight is 302 g/mol. The van der Waals surface area contributed by atoms with Crippen LogP contribution in [0.1, 0.15) is 18.4 Å². The molecular formula is C16H18N2O2S. The summed E-state index contributed by atoms with van der Waals surface area (Å²) in [6.07, 6.45) is 2.17. The number of nitrogens with zero attached hydrogens (tertiary/aromatic N) is 1. The van der Waals surface area contributed by atoms with E-state index >= 15 is 0 Å². The van der Waals surface area contributed by atoms with Crippen LogP contribution < -0.4 is 10.5 Å². The van der Waals surface area contributed by atoms with E-state index in [1.807, 2.05) is 22.4 Å². The molecule has 5 heteroatoms. The number of rotatable bonds is 6. The molecule has 1 aliphatic rings. The summed E-state index contributed by atoms with van der Waals surface area (Å²) in [7, 11) is 0. The fraction of sp³-hybridized carbons (Fsp3) is 0.312. The predicted octanol–water partition coefficient (Wildman–Crippen LogP) is 2.90. The third-order valence-corrected chi connectivity index (χ3v) is 4.24. The Morgan fingerprint density at radius 1 is 1.33 bits per heavy atom. The Balaban J connectivity index is 1.61. The van der Waals surface area contributed by atoms with Crippen LogP contribution in [0.25, 0.3) is 0 Å². The second kappa shape index (κ2) is 6.18. The lowest BCUT2D eigenvalue weighted by Crippen LogP contribution is -2.36. The van der Waals surface area contributed by atoms with Crippen molar-refractivity contribution in [2.75, 3.05) is 12.3 Å². The van der Waals surface area contributed by atoms with Gasteiger partial charge in [0.05, 0.1) is 5.69 Å². The SMILES string of the molecule is Nc1ccccc1OCC(=O)N(Cc1ccsc1)C1CC1.